The number of thioether (sulfide) groups is 1. The fourth-order valence-corrected chi connectivity index (χ4v) is 4.19. The molecule has 3 aromatic rings. The van der Waals surface area contributed by atoms with Crippen LogP contribution in [0.1, 0.15) is 13.8 Å². The molecular formula is C23H28N4O2S. The van der Waals surface area contributed by atoms with Crippen molar-refractivity contribution < 1.29 is 4.79 Å². The molecule has 0 saturated heterocycles. The second kappa shape index (κ2) is 10.4. The van der Waals surface area contributed by atoms with E-state index >= 15 is 0 Å². The molecule has 0 aliphatic heterocycles. The lowest BCUT2D eigenvalue weighted by Crippen LogP contribution is -2.33. The van der Waals surface area contributed by atoms with E-state index in [1.807, 2.05) is 48.5 Å². The van der Waals surface area contributed by atoms with Crippen molar-refractivity contribution in [2.75, 3.05) is 37.3 Å². The van der Waals surface area contributed by atoms with Crippen molar-refractivity contribution in [2.24, 2.45) is 0 Å². The zero-order valence-electron chi connectivity index (χ0n) is 17.7. The quantitative estimate of drug-likeness (QED) is 0.389. The van der Waals surface area contributed by atoms with Gasteiger partial charge in [-0.05, 0) is 37.4 Å². The number of amides is 1. The van der Waals surface area contributed by atoms with Crippen LogP contribution in [0.5, 0.6) is 0 Å². The minimum atomic E-state index is -0.0564. The van der Waals surface area contributed by atoms with Gasteiger partial charge in [0.1, 0.15) is 0 Å². The monoisotopic (exact) mass is 424 g/mol. The third-order valence-corrected chi connectivity index (χ3v) is 6.16. The molecule has 0 aliphatic rings. The minimum absolute atomic E-state index is 0.0381. The van der Waals surface area contributed by atoms with E-state index in [9.17, 15) is 9.59 Å². The maximum atomic E-state index is 13.1. The average molecular weight is 425 g/mol. The van der Waals surface area contributed by atoms with Crippen LogP contribution in [0.4, 0.5) is 5.69 Å². The number of aromatic nitrogens is 2. The third kappa shape index (κ3) is 5.09. The SMILES string of the molecule is CCN(CC)CCn1c(SCC(=O)N(C)c2ccccc2)nc2ccccc2c1=O. The largest absolute Gasteiger partial charge is 0.315 e. The summed E-state index contributed by atoms with van der Waals surface area (Å²) in [4.78, 5) is 34.5. The molecule has 1 amide bonds. The van der Waals surface area contributed by atoms with Gasteiger partial charge in [-0.25, -0.2) is 4.98 Å². The Bertz CT molecular complexity index is 1050. The number of nitrogens with zero attached hydrogens (tertiary/aromatic N) is 4. The maximum Gasteiger partial charge on any atom is 0.262 e. The molecule has 0 unspecified atom stereocenters. The molecule has 6 nitrogen and oxygen atoms in total. The topological polar surface area (TPSA) is 58.4 Å². The minimum Gasteiger partial charge on any atom is -0.315 e. The van der Waals surface area contributed by atoms with Crippen LogP contribution in [0, 0.1) is 0 Å². The van der Waals surface area contributed by atoms with Gasteiger partial charge in [0.2, 0.25) is 5.91 Å². The lowest BCUT2D eigenvalue weighted by atomic mass is 10.2. The number of anilines is 1. The summed E-state index contributed by atoms with van der Waals surface area (Å²) in [5, 5.41) is 1.19. The Kier molecular flexibility index (Phi) is 7.65. The van der Waals surface area contributed by atoms with Gasteiger partial charge in [-0.3, -0.25) is 14.2 Å². The Balaban J connectivity index is 1.85. The van der Waals surface area contributed by atoms with Crippen LogP contribution in [-0.2, 0) is 11.3 Å². The Morgan fingerprint density at radius 1 is 1.03 bits per heavy atom. The Morgan fingerprint density at radius 2 is 1.70 bits per heavy atom. The van der Waals surface area contributed by atoms with Crippen molar-refractivity contribution in [3.63, 3.8) is 0 Å². The van der Waals surface area contributed by atoms with E-state index < -0.39 is 0 Å². The molecule has 30 heavy (non-hydrogen) atoms. The molecule has 7 heteroatoms. The second-order valence-electron chi connectivity index (χ2n) is 6.97. The predicted molar refractivity (Wildman–Crippen MR) is 124 cm³/mol. The van der Waals surface area contributed by atoms with Crippen molar-refractivity contribution in [1.82, 2.24) is 14.5 Å². The van der Waals surface area contributed by atoms with E-state index in [1.165, 1.54) is 11.8 Å². The van der Waals surface area contributed by atoms with Gasteiger partial charge in [0.25, 0.3) is 5.56 Å². The van der Waals surface area contributed by atoms with E-state index in [0.717, 1.165) is 25.3 Å². The Hall–Kier alpha value is -2.64. The van der Waals surface area contributed by atoms with Crippen LogP contribution in [0.25, 0.3) is 10.9 Å². The lowest BCUT2D eigenvalue weighted by molar-refractivity contribution is -0.115. The van der Waals surface area contributed by atoms with Crippen molar-refractivity contribution in [2.45, 2.75) is 25.5 Å². The number of rotatable bonds is 9. The van der Waals surface area contributed by atoms with Crippen LogP contribution in [0.2, 0.25) is 0 Å². The van der Waals surface area contributed by atoms with Gasteiger partial charge in [0.15, 0.2) is 5.16 Å². The lowest BCUT2D eigenvalue weighted by Gasteiger charge is -2.20. The van der Waals surface area contributed by atoms with E-state index in [-0.39, 0.29) is 17.2 Å². The van der Waals surface area contributed by atoms with Gasteiger partial charge in [0, 0.05) is 25.8 Å². The number of benzene rings is 2. The van der Waals surface area contributed by atoms with Crippen molar-refractivity contribution in [1.29, 1.82) is 0 Å². The smallest absolute Gasteiger partial charge is 0.262 e. The molecule has 0 atom stereocenters. The number of carbonyl (C=O) groups excluding carboxylic acids is 1. The number of fused-ring (bicyclic) bond motifs is 1. The molecule has 0 radical (unpaired) electrons. The molecule has 1 aromatic heterocycles. The van der Waals surface area contributed by atoms with Crippen molar-refractivity contribution in [3.05, 3.63) is 65.0 Å². The third-order valence-electron chi connectivity index (χ3n) is 5.20. The molecule has 0 aliphatic carbocycles. The van der Waals surface area contributed by atoms with Gasteiger partial charge in [-0.15, -0.1) is 0 Å². The summed E-state index contributed by atoms with van der Waals surface area (Å²) >= 11 is 1.32. The molecule has 0 saturated carbocycles. The molecule has 1 heterocycles. The van der Waals surface area contributed by atoms with E-state index in [1.54, 1.807) is 22.6 Å². The van der Waals surface area contributed by atoms with E-state index in [4.69, 9.17) is 4.98 Å². The molecule has 0 bridgehead atoms. The second-order valence-corrected chi connectivity index (χ2v) is 7.91. The Labute approximate surface area is 181 Å². The fraction of sp³-hybridized carbons (Fsp3) is 0.348. The van der Waals surface area contributed by atoms with Crippen molar-refractivity contribution >= 4 is 34.3 Å². The van der Waals surface area contributed by atoms with Crippen LogP contribution >= 0.6 is 11.8 Å². The number of likely N-dealkylation sites (N-methyl/N-ethyl adjacent to an activating group) is 1. The first kappa shape index (κ1) is 22.1. The van der Waals surface area contributed by atoms with Gasteiger partial charge < -0.3 is 9.80 Å². The standard InChI is InChI=1S/C23H28N4O2S/c1-4-26(5-2)15-16-27-22(29)19-13-9-10-14-20(19)24-23(27)30-17-21(28)25(3)18-11-7-6-8-12-18/h6-14H,4-5,15-17H2,1-3H3. The summed E-state index contributed by atoms with van der Waals surface area (Å²) in [7, 11) is 1.76. The molecular weight excluding hydrogens is 396 g/mol. The molecule has 0 spiro atoms. The van der Waals surface area contributed by atoms with Crippen LogP contribution in [0.3, 0.4) is 0 Å². The first-order valence-electron chi connectivity index (χ1n) is 10.2. The van der Waals surface area contributed by atoms with Gasteiger partial charge in [-0.1, -0.05) is 55.9 Å². The highest BCUT2D eigenvalue weighted by molar-refractivity contribution is 7.99. The Morgan fingerprint density at radius 3 is 2.40 bits per heavy atom. The van der Waals surface area contributed by atoms with Gasteiger partial charge in [-0.2, -0.15) is 0 Å². The maximum absolute atomic E-state index is 13.1. The normalized spacial score (nSPS) is 11.2. The summed E-state index contributed by atoms with van der Waals surface area (Å²) in [6, 6.07) is 16.9. The predicted octanol–water partition coefficient (Wildman–Crippen LogP) is 3.49. The average Bonchev–Trinajstić information content (AvgIpc) is 2.79. The number of para-hydroxylation sites is 2. The van der Waals surface area contributed by atoms with Gasteiger partial charge >= 0.3 is 0 Å². The molecule has 3 rings (SSSR count). The summed E-state index contributed by atoms with van der Waals surface area (Å²) in [6.45, 7) is 7.38. The fourth-order valence-electron chi connectivity index (χ4n) is 3.25. The van der Waals surface area contributed by atoms with E-state index in [2.05, 4.69) is 18.7 Å². The molecule has 158 valence electrons. The molecule has 0 N–H and O–H groups in total. The van der Waals surface area contributed by atoms with Crippen molar-refractivity contribution in [3.8, 4) is 0 Å². The zero-order valence-corrected chi connectivity index (χ0v) is 18.6. The van der Waals surface area contributed by atoms with E-state index in [0.29, 0.717) is 22.6 Å². The first-order chi connectivity index (χ1) is 14.5. The molecule has 0 fully saturated rings. The highest BCUT2D eigenvalue weighted by atomic mass is 32.2. The summed E-state index contributed by atoms with van der Waals surface area (Å²) in [5.41, 5.74) is 1.44. The highest BCUT2D eigenvalue weighted by Crippen LogP contribution is 2.20. The van der Waals surface area contributed by atoms with Gasteiger partial charge in [0.05, 0.1) is 16.7 Å². The zero-order chi connectivity index (χ0) is 21.5. The van der Waals surface area contributed by atoms with Crippen LogP contribution in [-0.4, -0.2) is 52.8 Å². The number of hydrogen-bond donors (Lipinski definition) is 0. The summed E-state index contributed by atoms with van der Waals surface area (Å²) in [6.07, 6.45) is 0. The summed E-state index contributed by atoms with van der Waals surface area (Å²) < 4.78 is 1.71. The summed E-state index contributed by atoms with van der Waals surface area (Å²) in [5.74, 6) is 0.172. The first-order valence-corrected chi connectivity index (χ1v) is 11.2. The number of hydrogen-bond acceptors (Lipinski definition) is 5. The van der Waals surface area contributed by atoms with Crippen LogP contribution < -0.4 is 10.5 Å². The number of carbonyl (C=O) groups is 1. The van der Waals surface area contributed by atoms with Crippen LogP contribution in [0.15, 0.2) is 64.5 Å². The highest BCUT2D eigenvalue weighted by Gasteiger charge is 2.16. The molecule has 2 aromatic carbocycles.